The number of rotatable bonds is 5. The van der Waals surface area contributed by atoms with E-state index in [2.05, 4.69) is 31.4 Å². The highest BCUT2D eigenvalue weighted by molar-refractivity contribution is 5.99. The lowest BCUT2D eigenvalue weighted by atomic mass is 9.87. The summed E-state index contributed by atoms with van der Waals surface area (Å²) in [5, 5.41) is 5.34. The van der Waals surface area contributed by atoms with Crippen molar-refractivity contribution in [3.8, 4) is 5.75 Å². The molecule has 0 spiro atoms. The molecule has 0 aliphatic carbocycles. The first kappa shape index (κ1) is 18.5. The van der Waals surface area contributed by atoms with Gasteiger partial charge in [0.2, 0.25) is 5.91 Å². The molecule has 5 heteroatoms. The molecule has 132 valence electrons. The zero-order valence-electron chi connectivity index (χ0n) is 15.1. The van der Waals surface area contributed by atoms with Crippen molar-refractivity contribution in [3.63, 3.8) is 0 Å². The minimum atomic E-state index is -0.298. The van der Waals surface area contributed by atoms with Gasteiger partial charge >= 0.3 is 0 Å². The van der Waals surface area contributed by atoms with Gasteiger partial charge in [0.1, 0.15) is 5.75 Å². The number of nitrogens with one attached hydrogen (secondary N) is 2. The highest BCUT2D eigenvalue weighted by atomic mass is 16.5. The number of amides is 2. The Morgan fingerprint density at radius 1 is 1.04 bits per heavy atom. The average molecular weight is 340 g/mol. The second kappa shape index (κ2) is 7.83. The van der Waals surface area contributed by atoms with E-state index < -0.39 is 0 Å². The van der Waals surface area contributed by atoms with Gasteiger partial charge in [-0.3, -0.25) is 9.59 Å². The summed E-state index contributed by atoms with van der Waals surface area (Å²) in [5.74, 6) is 0.0786. The van der Waals surface area contributed by atoms with Crippen LogP contribution in [0.4, 0.5) is 5.69 Å². The van der Waals surface area contributed by atoms with Gasteiger partial charge in [-0.25, -0.2) is 0 Å². The van der Waals surface area contributed by atoms with E-state index in [1.165, 1.54) is 0 Å². The first-order valence-electron chi connectivity index (χ1n) is 8.12. The van der Waals surface area contributed by atoms with Crippen LogP contribution in [0.25, 0.3) is 0 Å². The van der Waals surface area contributed by atoms with Gasteiger partial charge in [0.25, 0.3) is 5.91 Å². The Hall–Kier alpha value is -2.82. The van der Waals surface area contributed by atoms with Crippen molar-refractivity contribution >= 4 is 17.5 Å². The molecule has 2 amide bonds. The third kappa shape index (κ3) is 5.35. The van der Waals surface area contributed by atoms with Crippen LogP contribution in [0, 0.1) is 0 Å². The zero-order chi connectivity index (χ0) is 18.4. The first-order chi connectivity index (χ1) is 11.8. The largest absolute Gasteiger partial charge is 0.497 e. The lowest BCUT2D eigenvalue weighted by molar-refractivity contribution is -0.115. The van der Waals surface area contributed by atoms with Crippen molar-refractivity contribution in [1.29, 1.82) is 0 Å². The van der Waals surface area contributed by atoms with Gasteiger partial charge in [0, 0.05) is 17.3 Å². The number of ether oxygens (including phenoxy) is 1. The molecule has 0 saturated heterocycles. The van der Waals surface area contributed by atoms with Gasteiger partial charge in [-0.2, -0.15) is 0 Å². The average Bonchev–Trinajstić information content (AvgIpc) is 2.59. The second-order valence-electron chi connectivity index (χ2n) is 6.79. The fourth-order valence-corrected chi connectivity index (χ4v) is 2.29. The molecule has 0 unspecified atom stereocenters. The minimum Gasteiger partial charge on any atom is -0.497 e. The van der Waals surface area contributed by atoms with E-state index in [0.717, 1.165) is 5.56 Å². The van der Waals surface area contributed by atoms with Crippen molar-refractivity contribution in [3.05, 3.63) is 59.7 Å². The Kier molecular flexibility index (Phi) is 5.80. The minimum absolute atomic E-state index is 0.0334. The quantitative estimate of drug-likeness (QED) is 0.877. The van der Waals surface area contributed by atoms with E-state index in [-0.39, 0.29) is 23.8 Å². The summed E-state index contributed by atoms with van der Waals surface area (Å²) in [6.07, 6.45) is 0. The van der Waals surface area contributed by atoms with E-state index in [0.29, 0.717) is 17.0 Å². The molecule has 2 aromatic carbocycles. The summed E-state index contributed by atoms with van der Waals surface area (Å²) in [6.45, 7) is 6.25. The predicted molar refractivity (Wildman–Crippen MR) is 99.1 cm³/mol. The molecule has 2 N–H and O–H groups in total. The van der Waals surface area contributed by atoms with Crippen molar-refractivity contribution in [2.45, 2.75) is 26.2 Å². The van der Waals surface area contributed by atoms with Crippen molar-refractivity contribution in [1.82, 2.24) is 5.32 Å². The number of hydrogen-bond donors (Lipinski definition) is 2. The third-order valence-corrected chi connectivity index (χ3v) is 3.78. The molecule has 0 saturated carbocycles. The van der Waals surface area contributed by atoms with Crippen molar-refractivity contribution in [2.75, 3.05) is 19.0 Å². The highest BCUT2D eigenvalue weighted by Gasteiger charge is 2.14. The van der Waals surface area contributed by atoms with Crippen LogP contribution in [0.15, 0.2) is 48.5 Å². The molecule has 2 rings (SSSR count). The molecule has 2 aromatic rings. The van der Waals surface area contributed by atoms with Gasteiger partial charge in [0.05, 0.1) is 13.7 Å². The van der Waals surface area contributed by atoms with Gasteiger partial charge in [-0.1, -0.05) is 39.0 Å². The van der Waals surface area contributed by atoms with Crippen LogP contribution < -0.4 is 15.4 Å². The number of benzene rings is 2. The monoisotopic (exact) mass is 340 g/mol. The normalized spacial score (nSPS) is 10.9. The van der Waals surface area contributed by atoms with Crippen LogP contribution in [0.3, 0.4) is 0 Å². The topological polar surface area (TPSA) is 67.4 Å². The van der Waals surface area contributed by atoms with Gasteiger partial charge in [-0.15, -0.1) is 0 Å². The number of carbonyl (C=O) groups is 2. The fourth-order valence-electron chi connectivity index (χ4n) is 2.29. The lowest BCUT2D eigenvalue weighted by Gasteiger charge is -2.19. The van der Waals surface area contributed by atoms with Crippen molar-refractivity contribution < 1.29 is 14.3 Å². The number of methoxy groups -OCH3 is 1. The molecule has 0 fully saturated rings. The number of carbonyl (C=O) groups excluding carboxylic acids is 2. The molecule has 0 aliphatic rings. The van der Waals surface area contributed by atoms with E-state index in [9.17, 15) is 9.59 Å². The van der Waals surface area contributed by atoms with E-state index in [1.807, 2.05) is 12.1 Å². The SMILES string of the molecule is COc1cccc(NC(=O)CNC(=O)c2ccc(C(C)(C)C)cc2)c1. The van der Waals surface area contributed by atoms with Gasteiger partial charge in [0.15, 0.2) is 0 Å². The van der Waals surface area contributed by atoms with Crippen LogP contribution >= 0.6 is 0 Å². The summed E-state index contributed by atoms with van der Waals surface area (Å²) >= 11 is 0. The Balaban J connectivity index is 1.89. The second-order valence-corrected chi connectivity index (χ2v) is 6.79. The van der Waals surface area contributed by atoms with E-state index in [4.69, 9.17) is 4.74 Å². The molecule has 25 heavy (non-hydrogen) atoms. The summed E-state index contributed by atoms with van der Waals surface area (Å²) in [5.41, 5.74) is 2.33. The summed E-state index contributed by atoms with van der Waals surface area (Å²) in [6, 6.07) is 14.5. The first-order valence-corrected chi connectivity index (χ1v) is 8.12. The lowest BCUT2D eigenvalue weighted by Crippen LogP contribution is -2.32. The summed E-state index contributed by atoms with van der Waals surface area (Å²) in [7, 11) is 1.56. The molecule has 0 radical (unpaired) electrons. The Labute approximate surface area is 148 Å². The smallest absolute Gasteiger partial charge is 0.251 e. The molecule has 0 aliphatic heterocycles. The standard InChI is InChI=1S/C20H24N2O3/c1-20(2,3)15-10-8-14(9-11-15)19(24)21-13-18(23)22-16-6-5-7-17(12-16)25-4/h5-12H,13H2,1-4H3,(H,21,24)(H,22,23). The van der Waals surface area contributed by atoms with E-state index >= 15 is 0 Å². The Bertz CT molecular complexity index is 746. The molecule has 0 heterocycles. The van der Waals surface area contributed by atoms with Crippen LogP contribution in [0.5, 0.6) is 5.75 Å². The Morgan fingerprint density at radius 2 is 1.72 bits per heavy atom. The third-order valence-electron chi connectivity index (χ3n) is 3.78. The van der Waals surface area contributed by atoms with Gasteiger partial charge < -0.3 is 15.4 Å². The maximum Gasteiger partial charge on any atom is 0.251 e. The summed E-state index contributed by atoms with van der Waals surface area (Å²) < 4.78 is 5.10. The number of hydrogen-bond acceptors (Lipinski definition) is 3. The number of anilines is 1. The fraction of sp³-hybridized carbons (Fsp3) is 0.300. The molecular formula is C20H24N2O3. The zero-order valence-corrected chi connectivity index (χ0v) is 15.1. The summed E-state index contributed by atoms with van der Waals surface area (Å²) in [4.78, 5) is 24.1. The van der Waals surface area contributed by atoms with Crippen LogP contribution in [0.2, 0.25) is 0 Å². The van der Waals surface area contributed by atoms with Gasteiger partial charge in [-0.05, 0) is 35.2 Å². The van der Waals surface area contributed by atoms with Crippen molar-refractivity contribution in [2.24, 2.45) is 0 Å². The molecule has 0 atom stereocenters. The van der Waals surface area contributed by atoms with Crippen LogP contribution in [0.1, 0.15) is 36.7 Å². The highest BCUT2D eigenvalue weighted by Crippen LogP contribution is 2.22. The molecule has 0 bridgehead atoms. The van der Waals surface area contributed by atoms with E-state index in [1.54, 1.807) is 43.5 Å². The molecule has 5 nitrogen and oxygen atoms in total. The van der Waals surface area contributed by atoms with Crippen LogP contribution in [-0.4, -0.2) is 25.5 Å². The maximum atomic E-state index is 12.2. The van der Waals surface area contributed by atoms with Crippen LogP contribution in [-0.2, 0) is 10.2 Å². The molecule has 0 aromatic heterocycles. The molecular weight excluding hydrogens is 316 g/mol. The maximum absolute atomic E-state index is 12.2. The predicted octanol–water partition coefficient (Wildman–Crippen LogP) is 3.36. The Morgan fingerprint density at radius 3 is 2.32 bits per heavy atom.